The van der Waals surface area contributed by atoms with E-state index < -0.39 is 4.92 Å². The second kappa shape index (κ2) is 6.29. The average Bonchev–Trinajstić information content (AvgIpc) is 2.45. The molecule has 1 N–H and O–H groups in total. The molecule has 0 saturated carbocycles. The Kier molecular flexibility index (Phi) is 4.47. The highest BCUT2D eigenvalue weighted by Gasteiger charge is 2.17. The summed E-state index contributed by atoms with van der Waals surface area (Å²) in [6.07, 6.45) is 4.07. The SMILES string of the molecule is CCCN(CCO)c1ccc([N+](=O)[O-])c2cnccc12. The van der Waals surface area contributed by atoms with Crippen LogP contribution in [0.5, 0.6) is 0 Å². The first-order valence-corrected chi connectivity index (χ1v) is 6.56. The first-order chi connectivity index (χ1) is 9.69. The molecule has 106 valence electrons. The van der Waals surface area contributed by atoms with Crippen molar-refractivity contribution in [2.24, 2.45) is 0 Å². The van der Waals surface area contributed by atoms with Crippen LogP contribution in [0.2, 0.25) is 0 Å². The van der Waals surface area contributed by atoms with Crippen LogP contribution in [0.1, 0.15) is 13.3 Å². The molecule has 0 radical (unpaired) electrons. The molecule has 0 atom stereocenters. The van der Waals surface area contributed by atoms with Crippen LogP contribution in [0.15, 0.2) is 30.6 Å². The Labute approximate surface area is 116 Å². The summed E-state index contributed by atoms with van der Waals surface area (Å²) in [5.74, 6) is 0. The number of aliphatic hydroxyl groups excluding tert-OH is 1. The molecule has 0 spiro atoms. The number of aromatic nitrogens is 1. The molecule has 0 bridgehead atoms. The van der Waals surface area contributed by atoms with Gasteiger partial charge < -0.3 is 10.0 Å². The smallest absolute Gasteiger partial charge is 0.278 e. The topological polar surface area (TPSA) is 79.5 Å². The van der Waals surface area contributed by atoms with Gasteiger partial charge in [0.25, 0.3) is 5.69 Å². The van der Waals surface area contributed by atoms with Gasteiger partial charge in [-0.1, -0.05) is 6.92 Å². The lowest BCUT2D eigenvalue weighted by Gasteiger charge is -2.24. The van der Waals surface area contributed by atoms with Gasteiger partial charge in [0.1, 0.15) is 0 Å². The number of anilines is 1. The summed E-state index contributed by atoms with van der Waals surface area (Å²) in [6.45, 7) is 3.39. The Bertz CT molecular complexity index is 610. The fourth-order valence-corrected chi connectivity index (χ4v) is 2.34. The second-order valence-corrected chi connectivity index (χ2v) is 4.49. The van der Waals surface area contributed by atoms with Gasteiger partial charge in [-0.2, -0.15) is 0 Å². The number of nitro groups is 1. The number of aliphatic hydroxyl groups is 1. The van der Waals surface area contributed by atoms with Gasteiger partial charge in [0.2, 0.25) is 0 Å². The number of non-ortho nitro benzene ring substituents is 1. The van der Waals surface area contributed by atoms with Gasteiger partial charge in [0.05, 0.1) is 16.9 Å². The van der Waals surface area contributed by atoms with E-state index in [-0.39, 0.29) is 12.3 Å². The standard InChI is InChI=1S/C14H17N3O3/c1-2-7-16(8-9-18)13-3-4-14(17(19)20)12-10-15-6-5-11(12)13/h3-6,10,18H,2,7-9H2,1H3. The molecule has 0 fully saturated rings. The van der Waals surface area contributed by atoms with Crippen LogP contribution >= 0.6 is 0 Å². The third-order valence-corrected chi connectivity index (χ3v) is 3.17. The normalized spacial score (nSPS) is 10.7. The molecule has 1 aromatic heterocycles. The number of hydrogen-bond acceptors (Lipinski definition) is 5. The molecule has 0 aliphatic rings. The zero-order valence-corrected chi connectivity index (χ0v) is 11.3. The summed E-state index contributed by atoms with van der Waals surface area (Å²) >= 11 is 0. The zero-order valence-electron chi connectivity index (χ0n) is 11.3. The number of benzene rings is 1. The van der Waals surface area contributed by atoms with Crippen LogP contribution in [-0.4, -0.2) is 34.7 Å². The summed E-state index contributed by atoms with van der Waals surface area (Å²) < 4.78 is 0. The first-order valence-electron chi connectivity index (χ1n) is 6.56. The van der Waals surface area contributed by atoms with E-state index in [1.165, 1.54) is 12.3 Å². The zero-order chi connectivity index (χ0) is 14.5. The van der Waals surface area contributed by atoms with Gasteiger partial charge >= 0.3 is 0 Å². The van der Waals surface area contributed by atoms with Crippen LogP contribution in [0.25, 0.3) is 10.8 Å². The van der Waals surface area contributed by atoms with E-state index in [9.17, 15) is 15.2 Å². The largest absolute Gasteiger partial charge is 0.395 e. The van der Waals surface area contributed by atoms with Crippen molar-refractivity contribution in [3.05, 3.63) is 40.7 Å². The van der Waals surface area contributed by atoms with E-state index in [0.717, 1.165) is 24.0 Å². The molecule has 0 unspecified atom stereocenters. The Morgan fingerprint density at radius 2 is 2.10 bits per heavy atom. The summed E-state index contributed by atoms with van der Waals surface area (Å²) in [5.41, 5.74) is 0.946. The lowest BCUT2D eigenvalue weighted by Crippen LogP contribution is -2.27. The fraction of sp³-hybridized carbons (Fsp3) is 0.357. The molecule has 6 heteroatoms. The number of fused-ring (bicyclic) bond motifs is 1. The second-order valence-electron chi connectivity index (χ2n) is 4.49. The summed E-state index contributed by atoms with van der Waals surface area (Å²) in [7, 11) is 0. The van der Waals surface area contributed by atoms with Crippen molar-refractivity contribution >= 4 is 22.1 Å². The number of rotatable bonds is 6. The highest BCUT2D eigenvalue weighted by molar-refractivity contribution is 5.99. The molecule has 0 amide bonds. The van der Waals surface area contributed by atoms with Crippen LogP contribution in [0.4, 0.5) is 11.4 Å². The minimum Gasteiger partial charge on any atom is -0.395 e. The minimum absolute atomic E-state index is 0.0452. The Morgan fingerprint density at radius 1 is 1.30 bits per heavy atom. The summed E-state index contributed by atoms with van der Waals surface area (Å²) in [5, 5.41) is 21.6. The first kappa shape index (κ1) is 14.2. The van der Waals surface area contributed by atoms with E-state index in [1.54, 1.807) is 18.3 Å². The van der Waals surface area contributed by atoms with Gasteiger partial charge in [-0.25, -0.2) is 0 Å². The molecule has 20 heavy (non-hydrogen) atoms. The third-order valence-electron chi connectivity index (χ3n) is 3.17. The van der Waals surface area contributed by atoms with Crippen molar-refractivity contribution in [1.82, 2.24) is 4.98 Å². The maximum Gasteiger partial charge on any atom is 0.278 e. The Hall–Kier alpha value is -2.21. The summed E-state index contributed by atoms with van der Waals surface area (Å²) in [4.78, 5) is 16.7. The molecular formula is C14H17N3O3. The highest BCUT2D eigenvalue weighted by Crippen LogP contribution is 2.32. The molecule has 0 saturated heterocycles. The molecule has 1 aromatic carbocycles. The van der Waals surface area contributed by atoms with E-state index in [1.807, 2.05) is 4.90 Å². The van der Waals surface area contributed by atoms with Crippen molar-refractivity contribution in [2.45, 2.75) is 13.3 Å². The quantitative estimate of drug-likeness (QED) is 0.646. The minimum atomic E-state index is -0.399. The Morgan fingerprint density at radius 3 is 2.75 bits per heavy atom. The van der Waals surface area contributed by atoms with Crippen molar-refractivity contribution in [1.29, 1.82) is 0 Å². The number of pyridine rings is 1. The maximum atomic E-state index is 11.1. The monoisotopic (exact) mass is 275 g/mol. The Balaban J connectivity index is 2.59. The summed E-state index contributed by atoms with van der Waals surface area (Å²) in [6, 6.07) is 5.02. The van der Waals surface area contributed by atoms with Crippen molar-refractivity contribution in [2.75, 3.05) is 24.6 Å². The van der Waals surface area contributed by atoms with Crippen molar-refractivity contribution in [3.63, 3.8) is 0 Å². The van der Waals surface area contributed by atoms with E-state index >= 15 is 0 Å². The van der Waals surface area contributed by atoms with Crippen LogP contribution < -0.4 is 4.90 Å². The molecule has 2 rings (SSSR count). The van der Waals surface area contributed by atoms with Gasteiger partial charge in [-0.15, -0.1) is 0 Å². The lowest BCUT2D eigenvalue weighted by molar-refractivity contribution is -0.383. The van der Waals surface area contributed by atoms with Crippen molar-refractivity contribution < 1.29 is 10.0 Å². The maximum absolute atomic E-state index is 11.1. The van der Waals surface area contributed by atoms with E-state index in [2.05, 4.69) is 11.9 Å². The third kappa shape index (κ3) is 2.70. The number of nitro benzene ring substituents is 1. The van der Waals surface area contributed by atoms with Crippen LogP contribution in [0, 0.1) is 10.1 Å². The van der Waals surface area contributed by atoms with Gasteiger partial charge in [-0.3, -0.25) is 15.1 Å². The van der Waals surface area contributed by atoms with Gasteiger partial charge in [0, 0.05) is 42.6 Å². The molecule has 2 aromatic rings. The van der Waals surface area contributed by atoms with E-state index in [0.29, 0.717) is 11.9 Å². The predicted molar refractivity (Wildman–Crippen MR) is 78.0 cm³/mol. The fourth-order valence-electron chi connectivity index (χ4n) is 2.34. The molecule has 0 aliphatic carbocycles. The van der Waals surface area contributed by atoms with Crippen LogP contribution in [-0.2, 0) is 0 Å². The molecule has 6 nitrogen and oxygen atoms in total. The van der Waals surface area contributed by atoms with Gasteiger partial charge in [0.15, 0.2) is 0 Å². The average molecular weight is 275 g/mol. The lowest BCUT2D eigenvalue weighted by atomic mass is 10.1. The predicted octanol–water partition coefficient (Wildman–Crippen LogP) is 2.35. The van der Waals surface area contributed by atoms with Crippen molar-refractivity contribution in [3.8, 4) is 0 Å². The van der Waals surface area contributed by atoms with Crippen LogP contribution in [0.3, 0.4) is 0 Å². The van der Waals surface area contributed by atoms with Gasteiger partial charge in [-0.05, 0) is 18.6 Å². The highest BCUT2D eigenvalue weighted by atomic mass is 16.6. The number of hydrogen-bond donors (Lipinski definition) is 1. The van der Waals surface area contributed by atoms with E-state index in [4.69, 9.17) is 0 Å². The molecule has 1 heterocycles. The molecular weight excluding hydrogens is 258 g/mol. The molecule has 0 aliphatic heterocycles. The number of nitrogens with zero attached hydrogens (tertiary/aromatic N) is 3.